The van der Waals surface area contributed by atoms with Crippen LogP contribution in [0.2, 0.25) is 0 Å². The van der Waals surface area contributed by atoms with Gasteiger partial charge >= 0.3 is 0 Å². The van der Waals surface area contributed by atoms with Gasteiger partial charge in [0.15, 0.2) is 11.5 Å². The highest BCUT2D eigenvalue weighted by molar-refractivity contribution is 5.39. The number of hydrogen-bond acceptors (Lipinski definition) is 14. The Morgan fingerprint density at radius 1 is 0.250 bits per heavy atom. The van der Waals surface area contributed by atoms with Crippen LogP contribution in [0.25, 0.3) is 0 Å². The molecule has 0 fully saturated rings. The van der Waals surface area contributed by atoms with Crippen LogP contribution in [0.5, 0.6) is 11.5 Å². The van der Waals surface area contributed by atoms with Crippen LogP contribution in [0.3, 0.4) is 0 Å². The van der Waals surface area contributed by atoms with E-state index in [9.17, 15) is 0 Å². The number of aryl methyl sites for hydroxylation is 2. The van der Waals surface area contributed by atoms with Gasteiger partial charge in [-0.05, 0) is 37.1 Å². The van der Waals surface area contributed by atoms with Gasteiger partial charge in [-0.2, -0.15) is 0 Å². The Kier molecular flexibility index (Phi) is 32.0. The fourth-order valence-electron chi connectivity index (χ4n) is 5.06. The summed E-state index contributed by atoms with van der Waals surface area (Å²) < 4.78 is 78.5. The zero-order chi connectivity index (χ0) is 42.2. The van der Waals surface area contributed by atoms with Crippen LogP contribution in [0.4, 0.5) is 0 Å². The molecule has 0 aliphatic rings. The first kappa shape index (κ1) is 51.1. The lowest BCUT2D eigenvalue weighted by Crippen LogP contribution is -2.15. The molecule has 0 N–H and O–H groups in total. The molecule has 0 heterocycles. The molecule has 0 aliphatic carbocycles. The summed E-state index contributed by atoms with van der Waals surface area (Å²) in [5.74, 6) is 1.31. The average molecular weight is 847 g/mol. The molecule has 0 amide bonds. The van der Waals surface area contributed by atoms with E-state index in [4.69, 9.17) is 66.3 Å². The molecule has 338 valence electrons. The molecule has 0 radical (unpaired) electrons. The number of para-hydroxylation sites is 2. The third-order valence-electron chi connectivity index (χ3n) is 8.32. The Labute approximate surface area is 357 Å². The van der Waals surface area contributed by atoms with Crippen LogP contribution >= 0.6 is 0 Å². The van der Waals surface area contributed by atoms with Crippen LogP contribution in [0, 0.1) is 13.8 Å². The van der Waals surface area contributed by atoms with Crippen molar-refractivity contribution in [1.29, 1.82) is 0 Å². The minimum atomic E-state index is 0.391. The number of hydrogen-bond donors (Lipinski definition) is 0. The van der Waals surface area contributed by atoms with E-state index >= 15 is 0 Å². The maximum absolute atomic E-state index is 5.86. The molecule has 3 rings (SSSR count). The van der Waals surface area contributed by atoms with Crippen LogP contribution in [0.1, 0.15) is 22.3 Å². The number of benzene rings is 3. The topological polar surface area (TPSA) is 129 Å². The molecule has 60 heavy (non-hydrogen) atoms. The zero-order valence-electron chi connectivity index (χ0n) is 36.0. The second-order valence-electron chi connectivity index (χ2n) is 13.3. The van der Waals surface area contributed by atoms with Gasteiger partial charge in [0.25, 0.3) is 0 Å². The maximum Gasteiger partial charge on any atom is 0.161 e. The zero-order valence-corrected chi connectivity index (χ0v) is 36.0. The summed E-state index contributed by atoms with van der Waals surface area (Å²) in [6.45, 7) is 17.1. The molecule has 0 atom stereocenters. The van der Waals surface area contributed by atoms with Crippen molar-refractivity contribution in [1.82, 2.24) is 0 Å². The van der Waals surface area contributed by atoms with Gasteiger partial charge in [-0.1, -0.05) is 71.8 Å². The van der Waals surface area contributed by atoms with Crippen LogP contribution in [-0.4, -0.2) is 159 Å². The molecule has 0 saturated heterocycles. The first-order valence-corrected chi connectivity index (χ1v) is 21.1. The van der Waals surface area contributed by atoms with Gasteiger partial charge in [0.2, 0.25) is 0 Å². The fraction of sp³-hybridized carbons (Fsp3) is 0.609. The van der Waals surface area contributed by atoms with E-state index in [1.54, 1.807) is 0 Å². The van der Waals surface area contributed by atoms with Crippen molar-refractivity contribution in [3.8, 4) is 11.5 Å². The highest BCUT2D eigenvalue weighted by atomic mass is 16.6. The number of rotatable bonds is 42. The monoisotopic (exact) mass is 846 g/mol. The smallest absolute Gasteiger partial charge is 0.161 e. The van der Waals surface area contributed by atoms with Gasteiger partial charge in [-0.15, -0.1) is 0 Å². The van der Waals surface area contributed by atoms with E-state index in [2.05, 4.69) is 62.4 Å². The highest BCUT2D eigenvalue weighted by Crippen LogP contribution is 2.26. The van der Waals surface area contributed by atoms with Gasteiger partial charge < -0.3 is 66.3 Å². The van der Waals surface area contributed by atoms with Crippen molar-refractivity contribution >= 4 is 0 Å². The minimum absolute atomic E-state index is 0.391. The van der Waals surface area contributed by atoms with Gasteiger partial charge in [-0.3, -0.25) is 0 Å². The predicted molar refractivity (Wildman–Crippen MR) is 227 cm³/mol. The number of ether oxygens (including phenoxy) is 14. The first-order chi connectivity index (χ1) is 29.7. The quantitative estimate of drug-likeness (QED) is 0.0651. The molecule has 0 saturated carbocycles. The molecule has 3 aromatic rings. The molecule has 3 aromatic carbocycles. The average Bonchev–Trinajstić information content (AvgIpc) is 3.26. The lowest BCUT2D eigenvalue weighted by molar-refractivity contribution is -0.0189. The van der Waals surface area contributed by atoms with Crippen molar-refractivity contribution < 1.29 is 66.3 Å². The minimum Gasteiger partial charge on any atom is -0.487 e. The molecule has 0 unspecified atom stereocenters. The van der Waals surface area contributed by atoms with Crippen molar-refractivity contribution in [2.24, 2.45) is 0 Å². The molecule has 0 aromatic heterocycles. The Hall–Kier alpha value is -3.22. The Balaban J connectivity index is 0.976. The molecule has 0 spiro atoms. The molecular weight excluding hydrogens is 776 g/mol. The summed E-state index contributed by atoms with van der Waals surface area (Å²) in [6.07, 6.45) is 0. The summed E-state index contributed by atoms with van der Waals surface area (Å²) in [6, 6.07) is 24.2. The SMILES string of the molecule is Cc1ccc(COCCOCCOCCOCCOCCOCCOc2ccccc2OCCOCCOCCOCCOCCOCCOCc2ccc(C)cc2)cc1. The van der Waals surface area contributed by atoms with Crippen LogP contribution in [-0.2, 0) is 70.1 Å². The second kappa shape index (κ2) is 37.5. The summed E-state index contributed by atoms with van der Waals surface area (Å²) >= 11 is 0. The summed E-state index contributed by atoms with van der Waals surface area (Å²) in [5.41, 5.74) is 4.81. The normalized spacial score (nSPS) is 11.4. The van der Waals surface area contributed by atoms with E-state index in [0.717, 1.165) is 11.1 Å². The van der Waals surface area contributed by atoms with Gasteiger partial charge in [0.1, 0.15) is 13.2 Å². The predicted octanol–water partition coefficient (Wildman–Crippen LogP) is 5.66. The summed E-state index contributed by atoms with van der Waals surface area (Å²) in [7, 11) is 0. The van der Waals surface area contributed by atoms with Crippen molar-refractivity contribution in [2.45, 2.75) is 27.1 Å². The molecule has 0 bridgehead atoms. The maximum atomic E-state index is 5.86. The Bertz CT molecular complexity index is 1270. The second-order valence-corrected chi connectivity index (χ2v) is 13.3. The molecular formula is C46H70O14. The summed E-state index contributed by atoms with van der Waals surface area (Å²) in [4.78, 5) is 0. The Morgan fingerprint density at radius 2 is 0.467 bits per heavy atom. The third kappa shape index (κ3) is 29.1. The van der Waals surface area contributed by atoms with E-state index in [1.165, 1.54) is 11.1 Å². The lowest BCUT2D eigenvalue weighted by atomic mass is 10.2. The van der Waals surface area contributed by atoms with Crippen LogP contribution in [0.15, 0.2) is 72.8 Å². The van der Waals surface area contributed by atoms with E-state index in [-0.39, 0.29) is 0 Å². The standard InChI is InChI=1S/C46H70O14/c1-41-7-11-43(12-8-41)39-57-33-31-53-25-23-49-17-15-47-19-21-51-27-29-55-35-37-59-45-5-3-4-6-46(45)60-38-36-56-30-28-52-22-20-48-16-18-50-24-26-54-32-34-58-40-44-13-9-42(2)10-14-44/h3-14H,15-40H2,1-2H3. The van der Waals surface area contributed by atoms with E-state index in [1.807, 2.05) is 24.3 Å². The Morgan fingerprint density at radius 3 is 0.717 bits per heavy atom. The lowest BCUT2D eigenvalue weighted by Gasteiger charge is -2.13. The highest BCUT2D eigenvalue weighted by Gasteiger charge is 2.05. The van der Waals surface area contributed by atoms with Crippen molar-refractivity contribution in [3.05, 3.63) is 95.1 Å². The van der Waals surface area contributed by atoms with Gasteiger partial charge in [-0.25, -0.2) is 0 Å². The first-order valence-electron chi connectivity index (χ1n) is 21.1. The fourth-order valence-corrected chi connectivity index (χ4v) is 5.06. The summed E-state index contributed by atoms with van der Waals surface area (Å²) in [5, 5.41) is 0. The van der Waals surface area contributed by atoms with Crippen LogP contribution < -0.4 is 9.47 Å². The third-order valence-corrected chi connectivity index (χ3v) is 8.32. The van der Waals surface area contributed by atoms with Gasteiger partial charge in [0.05, 0.1) is 159 Å². The largest absolute Gasteiger partial charge is 0.487 e. The molecule has 14 nitrogen and oxygen atoms in total. The van der Waals surface area contributed by atoms with Gasteiger partial charge in [0, 0.05) is 0 Å². The van der Waals surface area contributed by atoms with E-state index in [0.29, 0.717) is 183 Å². The molecule has 14 heteroatoms. The van der Waals surface area contributed by atoms with Crippen molar-refractivity contribution in [3.63, 3.8) is 0 Å². The van der Waals surface area contributed by atoms with E-state index < -0.39 is 0 Å². The molecule has 0 aliphatic heterocycles. The van der Waals surface area contributed by atoms with Crippen molar-refractivity contribution in [2.75, 3.05) is 159 Å².